The van der Waals surface area contributed by atoms with Crippen molar-refractivity contribution in [3.8, 4) is 0 Å². The van der Waals surface area contributed by atoms with E-state index in [-0.39, 0.29) is 18.2 Å². The van der Waals surface area contributed by atoms with Gasteiger partial charge >= 0.3 is 0 Å². The largest absolute Gasteiger partial charge is 0.279 e. The Balaban J connectivity index is 2.18. The van der Waals surface area contributed by atoms with Crippen molar-refractivity contribution >= 4 is 27.3 Å². The van der Waals surface area contributed by atoms with Gasteiger partial charge in [0.05, 0.1) is 17.0 Å². The van der Waals surface area contributed by atoms with Crippen LogP contribution in [-0.2, 0) is 16.4 Å². The molecule has 19 heavy (non-hydrogen) atoms. The number of nitrogens with zero attached hydrogens (tertiary/aromatic N) is 2. The Bertz CT molecular complexity index is 578. The van der Waals surface area contributed by atoms with Crippen LogP contribution < -0.4 is 0 Å². The Kier molecular flexibility index (Phi) is 3.96. The van der Waals surface area contributed by atoms with Crippen LogP contribution in [0.5, 0.6) is 0 Å². The highest BCUT2D eigenvalue weighted by atomic mass is 32.2. The minimum Gasteiger partial charge on any atom is -0.267 e. The van der Waals surface area contributed by atoms with E-state index in [9.17, 15) is 13.2 Å². The van der Waals surface area contributed by atoms with Gasteiger partial charge in [-0.3, -0.25) is 4.79 Å². The highest BCUT2D eigenvalue weighted by Gasteiger charge is 2.38. The van der Waals surface area contributed by atoms with Crippen LogP contribution in [0, 0.1) is 11.8 Å². The fraction of sp³-hybridized carbons (Fsp3) is 0.667. The second-order valence-corrected chi connectivity index (χ2v) is 8.49. The zero-order valence-corrected chi connectivity index (χ0v) is 12.9. The van der Waals surface area contributed by atoms with Gasteiger partial charge in [-0.25, -0.2) is 17.7 Å². The zero-order chi connectivity index (χ0) is 14.2. The van der Waals surface area contributed by atoms with Gasteiger partial charge in [0.2, 0.25) is 10.0 Å². The zero-order valence-electron chi connectivity index (χ0n) is 11.3. The predicted octanol–water partition coefficient (Wildman–Crippen LogP) is 1.76. The number of thiazole rings is 1. The van der Waals surface area contributed by atoms with Crippen LogP contribution in [0.2, 0.25) is 0 Å². The summed E-state index contributed by atoms with van der Waals surface area (Å²) in [5.41, 5.74) is 0. The third kappa shape index (κ3) is 3.14. The first-order valence-electron chi connectivity index (χ1n) is 6.29. The standard InChI is InChI=1S/C12H18N2O3S2/c1-8(2)4-11-13-5-10(18-11)12(15)14-6-9(3)7-19(14,16)17/h5,8-9H,4,6-7H2,1-3H3. The van der Waals surface area contributed by atoms with E-state index in [1.807, 2.05) is 6.92 Å². The summed E-state index contributed by atoms with van der Waals surface area (Å²) in [5, 5.41) is 0.878. The summed E-state index contributed by atoms with van der Waals surface area (Å²) in [7, 11) is -3.43. The van der Waals surface area contributed by atoms with Gasteiger partial charge in [0.25, 0.3) is 5.91 Å². The molecule has 1 aromatic rings. The van der Waals surface area contributed by atoms with E-state index in [1.54, 1.807) is 0 Å². The van der Waals surface area contributed by atoms with Gasteiger partial charge in [0.1, 0.15) is 4.88 Å². The van der Waals surface area contributed by atoms with E-state index in [4.69, 9.17) is 0 Å². The van der Waals surface area contributed by atoms with Gasteiger partial charge in [0, 0.05) is 13.0 Å². The average molecular weight is 302 g/mol. The van der Waals surface area contributed by atoms with Crippen LogP contribution in [0.4, 0.5) is 0 Å². The smallest absolute Gasteiger partial charge is 0.267 e. The number of carbonyl (C=O) groups is 1. The molecule has 1 amide bonds. The topological polar surface area (TPSA) is 67.3 Å². The molecule has 1 aliphatic heterocycles. The SMILES string of the molecule is CC(C)Cc1ncc(C(=O)N2CC(C)CS2(=O)=O)s1. The Labute approximate surface area is 117 Å². The van der Waals surface area contributed by atoms with Gasteiger partial charge in [-0.2, -0.15) is 0 Å². The minimum atomic E-state index is -3.43. The minimum absolute atomic E-state index is 0.00277. The lowest BCUT2D eigenvalue weighted by Crippen LogP contribution is -2.32. The molecule has 0 aliphatic carbocycles. The Hall–Kier alpha value is -0.950. The first-order chi connectivity index (χ1) is 8.79. The maximum atomic E-state index is 12.2. The van der Waals surface area contributed by atoms with Crippen molar-refractivity contribution in [1.82, 2.24) is 9.29 Å². The molecule has 1 saturated heterocycles. The van der Waals surface area contributed by atoms with E-state index >= 15 is 0 Å². The lowest BCUT2D eigenvalue weighted by Gasteiger charge is -2.13. The maximum Gasteiger partial charge on any atom is 0.279 e. The van der Waals surface area contributed by atoms with Crippen LogP contribution in [0.25, 0.3) is 0 Å². The fourth-order valence-corrected chi connectivity index (χ4v) is 5.06. The second kappa shape index (κ2) is 5.20. The molecular weight excluding hydrogens is 284 g/mol. The van der Waals surface area contributed by atoms with Crippen molar-refractivity contribution in [2.75, 3.05) is 12.3 Å². The number of aromatic nitrogens is 1. The van der Waals surface area contributed by atoms with Gasteiger partial charge in [-0.15, -0.1) is 11.3 Å². The molecule has 5 nitrogen and oxygen atoms in total. The molecule has 0 radical (unpaired) electrons. The van der Waals surface area contributed by atoms with Gasteiger partial charge < -0.3 is 0 Å². The summed E-state index contributed by atoms with van der Waals surface area (Å²) in [6, 6.07) is 0. The van der Waals surface area contributed by atoms with E-state index in [1.165, 1.54) is 17.5 Å². The van der Waals surface area contributed by atoms with Crippen LogP contribution in [0.3, 0.4) is 0 Å². The number of carbonyl (C=O) groups excluding carboxylic acids is 1. The normalized spacial score (nSPS) is 22.1. The molecule has 0 spiro atoms. The molecule has 1 aliphatic rings. The lowest BCUT2D eigenvalue weighted by atomic mass is 10.1. The third-order valence-electron chi connectivity index (χ3n) is 2.88. The van der Waals surface area contributed by atoms with E-state index < -0.39 is 15.9 Å². The van der Waals surface area contributed by atoms with Crippen LogP contribution in [0.15, 0.2) is 6.20 Å². The van der Waals surface area contributed by atoms with Crippen molar-refractivity contribution in [3.05, 3.63) is 16.1 Å². The van der Waals surface area contributed by atoms with Crippen molar-refractivity contribution in [2.45, 2.75) is 27.2 Å². The molecule has 0 N–H and O–H groups in total. The van der Waals surface area contributed by atoms with Gasteiger partial charge in [0.15, 0.2) is 0 Å². The Morgan fingerprint density at radius 1 is 1.58 bits per heavy atom. The van der Waals surface area contributed by atoms with Crippen LogP contribution in [0.1, 0.15) is 35.5 Å². The monoisotopic (exact) mass is 302 g/mol. The molecule has 0 bridgehead atoms. The van der Waals surface area contributed by atoms with E-state index in [0.29, 0.717) is 10.8 Å². The molecule has 106 valence electrons. The van der Waals surface area contributed by atoms with Crippen molar-refractivity contribution < 1.29 is 13.2 Å². The van der Waals surface area contributed by atoms with Crippen LogP contribution in [-0.4, -0.2) is 35.9 Å². The van der Waals surface area contributed by atoms with Gasteiger partial charge in [-0.1, -0.05) is 20.8 Å². The van der Waals surface area contributed by atoms with Crippen molar-refractivity contribution in [2.24, 2.45) is 11.8 Å². The highest BCUT2D eigenvalue weighted by Crippen LogP contribution is 2.24. The molecule has 0 saturated carbocycles. The second-order valence-electron chi connectivity index (χ2n) is 5.44. The molecule has 7 heteroatoms. The number of sulfonamides is 1. The van der Waals surface area contributed by atoms with Crippen molar-refractivity contribution in [1.29, 1.82) is 0 Å². The molecule has 1 unspecified atom stereocenters. The molecule has 0 aromatic carbocycles. The summed E-state index contributed by atoms with van der Waals surface area (Å²) in [5.74, 6) is 0.0784. The fourth-order valence-electron chi connectivity index (χ4n) is 2.08. The average Bonchev–Trinajstić information content (AvgIpc) is 2.81. The molecule has 2 heterocycles. The third-order valence-corrected chi connectivity index (χ3v) is 5.87. The Morgan fingerprint density at radius 2 is 2.26 bits per heavy atom. The molecule has 2 rings (SSSR count). The lowest BCUT2D eigenvalue weighted by molar-refractivity contribution is 0.0867. The van der Waals surface area contributed by atoms with E-state index in [0.717, 1.165) is 15.7 Å². The highest BCUT2D eigenvalue weighted by molar-refractivity contribution is 7.89. The summed E-state index contributed by atoms with van der Waals surface area (Å²) < 4.78 is 24.7. The molecular formula is C12H18N2O3S2. The summed E-state index contributed by atoms with van der Waals surface area (Å²) in [4.78, 5) is 16.8. The molecule has 1 aromatic heterocycles. The predicted molar refractivity (Wildman–Crippen MR) is 74.6 cm³/mol. The van der Waals surface area contributed by atoms with E-state index in [2.05, 4.69) is 18.8 Å². The number of rotatable bonds is 3. The number of amides is 1. The summed E-state index contributed by atoms with van der Waals surface area (Å²) in [6.07, 6.45) is 2.30. The maximum absolute atomic E-state index is 12.2. The number of hydrogen-bond acceptors (Lipinski definition) is 5. The molecule has 1 atom stereocenters. The molecule has 1 fully saturated rings. The first-order valence-corrected chi connectivity index (χ1v) is 8.71. The van der Waals surface area contributed by atoms with Crippen LogP contribution >= 0.6 is 11.3 Å². The Morgan fingerprint density at radius 3 is 2.79 bits per heavy atom. The summed E-state index contributed by atoms with van der Waals surface area (Å²) >= 11 is 1.29. The quantitative estimate of drug-likeness (QED) is 0.853. The van der Waals surface area contributed by atoms with Gasteiger partial charge in [-0.05, 0) is 11.8 Å². The first kappa shape index (κ1) is 14.5. The number of hydrogen-bond donors (Lipinski definition) is 0. The summed E-state index contributed by atoms with van der Waals surface area (Å²) in [6.45, 7) is 6.27. The van der Waals surface area contributed by atoms with Crippen molar-refractivity contribution in [3.63, 3.8) is 0 Å².